The van der Waals surface area contributed by atoms with Gasteiger partial charge in [-0.2, -0.15) is 0 Å². The van der Waals surface area contributed by atoms with Crippen molar-refractivity contribution >= 4 is 13.3 Å². The highest BCUT2D eigenvalue weighted by Gasteiger charge is 2.07. The van der Waals surface area contributed by atoms with Gasteiger partial charge in [-0.15, -0.1) is 0 Å². The number of hydrogen-bond acceptors (Lipinski definition) is 2. The van der Waals surface area contributed by atoms with Crippen molar-refractivity contribution in [3.05, 3.63) is 60.2 Å². The van der Waals surface area contributed by atoms with Gasteiger partial charge in [-0.25, -0.2) is 0 Å². The van der Waals surface area contributed by atoms with Crippen molar-refractivity contribution in [2.24, 2.45) is 11.0 Å². The monoisotopic (exact) mass is 277 g/mol. The maximum Gasteiger partial charge on any atom is 0.298 e. The van der Waals surface area contributed by atoms with E-state index in [2.05, 4.69) is 5.09 Å². The number of rotatable bonds is 5. The van der Waals surface area contributed by atoms with Crippen molar-refractivity contribution in [3.8, 4) is 5.75 Å². The molecule has 2 rings (SSSR count). The normalized spacial score (nSPS) is 11.1. The van der Waals surface area contributed by atoms with Gasteiger partial charge in [0.2, 0.25) is 0 Å². The number of ether oxygens (including phenoxy) is 1. The Morgan fingerprint density at radius 3 is 2.21 bits per heavy atom. The fourth-order valence-electron chi connectivity index (χ4n) is 1.57. The molecule has 0 radical (unpaired) electrons. The van der Waals surface area contributed by atoms with Crippen LogP contribution in [-0.4, -0.2) is 0 Å². The third-order valence-electron chi connectivity index (χ3n) is 2.41. The van der Waals surface area contributed by atoms with Crippen molar-refractivity contribution in [1.82, 2.24) is 0 Å². The van der Waals surface area contributed by atoms with Gasteiger partial charge in [-0.3, -0.25) is 15.6 Å². The predicted molar refractivity (Wildman–Crippen MR) is 76.8 cm³/mol. The van der Waals surface area contributed by atoms with E-state index in [0.717, 1.165) is 11.3 Å². The van der Waals surface area contributed by atoms with E-state index in [1.165, 1.54) is 0 Å². The van der Waals surface area contributed by atoms with Gasteiger partial charge in [0.1, 0.15) is 12.4 Å². The summed E-state index contributed by atoms with van der Waals surface area (Å²) in [4.78, 5) is 0. The second-order valence-corrected chi connectivity index (χ2v) is 5.76. The Kier molecular flexibility index (Phi) is 4.22. The number of nitrogens with one attached hydrogen (secondary N) is 1. The van der Waals surface area contributed by atoms with Crippen LogP contribution in [0.3, 0.4) is 0 Å². The van der Waals surface area contributed by atoms with Crippen LogP contribution in [0.4, 0.5) is 5.69 Å². The van der Waals surface area contributed by atoms with E-state index in [9.17, 15) is 4.57 Å². The molecule has 0 saturated heterocycles. The van der Waals surface area contributed by atoms with Gasteiger partial charge in [-0.1, -0.05) is 30.3 Å². The molecule has 6 heteroatoms. The summed E-state index contributed by atoms with van der Waals surface area (Å²) >= 11 is 0. The Morgan fingerprint density at radius 2 is 1.63 bits per heavy atom. The van der Waals surface area contributed by atoms with E-state index >= 15 is 0 Å². The lowest BCUT2D eigenvalue weighted by atomic mass is 10.2. The molecule has 19 heavy (non-hydrogen) atoms. The zero-order valence-corrected chi connectivity index (χ0v) is 11.2. The number of nitrogens with two attached hydrogens (primary N) is 2. The van der Waals surface area contributed by atoms with Gasteiger partial charge < -0.3 is 9.82 Å². The summed E-state index contributed by atoms with van der Waals surface area (Å²) in [6.07, 6.45) is 0. The second-order valence-electron chi connectivity index (χ2n) is 4.12. The van der Waals surface area contributed by atoms with Crippen LogP contribution in [0.5, 0.6) is 5.75 Å². The number of hydrogen-bond donors (Lipinski definition) is 3. The van der Waals surface area contributed by atoms with Crippen LogP contribution >= 0.6 is 7.59 Å². The molecular formula is C13H16N3O2P. The van der Waals surface area contributed by atoms with Crippen molar-refractivity contribution in [3.63, 3.8) is 0 Å². The molecule has 2 aromatic carbocycles. The molecule has 5 nitrogen and oxygen atoms in total. The van der Waals surface area contributed by atoms with Crippen LogP contribution in [-0.2, 0) is 11.2 Å². The quantitative estimate of drug-likeness (QED) is 0.731. The van der Waals surface area contributed by atoms with Gasteiger partial charge in [0, 0.05) is 5.69 Å². The molecule has 0 atom stereocenters. The van der Waals surface area contributed by atoms with Crippen molar-refractivity contribution < 1.29 is 9.30 Å². The molecule has 0 spiro atoms. The van der Waals surface area contributed by atoms with Crippen LogP contribution in [0, 0.1) is 0 Å². The topological polar surface area (TPSA) is 90.4 Å². The van der Waals surface area contributed by atoms with Crippen molar-refractivity contribution in [1.29, 1.82) is 0 Å². The van der Waals surface area contributed by atoms with Crippen molar-refractivity contribution in [2.75, 3.05) is 5.09 Å². The molecule has 0 saturated carbocycles. The van der Waals surface area contributed by atoms with E-state index in [-0.39, 0.29) is 0 Å². The van der Waals surface area contributed by atoms with Crippen LogP contribution in [0.1, 0.15) is 5.56 Å². The van der Waals surface area contributed by atoms with E-state index in [1.54, 1.807) is 24.3 Å². The molecule has 0 heterocycles. The van der Waals surface area contributed by atoms with E-state index in [0.29, 0.717) is 12.3 Å². The Hall–Kier alpha value is -1.81. The van der Waals surface area contributed by atoms with E-state index in [4.69, 9.17) is 15.7 Å². The average molecular weight is 277 g/mol. The molecule has 0 fully saturated rings. The maximum atomic E-state index is 11.2. The third kappa shape index (κ3) is 4.75. The zero-order valence-electron chi connectivity index (χ0n) is 10.3. The summed E-state index contributed by atoms with van der Waals surface area (Å²) in [5.41, 5.74) is 12.2. The predicted octanol–water partition coefficient (Wildman–Crippen LogP) is 2.70. The molecular weight excluding hydrogens is 261 g/mol. The Balaban J connectivity index is 1.94. The van der Waals surface area contributed by atoms with Crippen LogP contribution in [0.15, 0.2) is 54.6 Å². The highest BCUT2D eigenvalue weighted by Crippen LogP contribution is 2.28. The molecule has 0 bridgehead atoms. The fraction of sp³-hybridized carbons (Fsp3) is 0.0769. The first kappa shape index (κ1) is 13.6. The third-order valence-corrected chi connectivity index (χ3v) is 3.01. The smallest absolute Gasteiger partial charge is 0.298 e. The standard InChI is InChI=1S/C13H16N3O2P/c14-19(15,17)16-12-6-8-13(9-7-12)18-10-11-4-2-1-3-5-11/h1-9H,10H2,(H5,14,15,16,17). The molecule has 2 aromatic rings. The lowest BCUT2D eigenvalue weighted by Gasteiger charge is -2.11. The largest absolute Gasteiger partial charge is 0.489 e. The van der Waals surface area contributed by atoms with Crippen molar-refractivity contribution in [2.45, 2.75) is 6.61 Å². The minimum Gasteiger partial charge on any atom is -0.489 e. The van der Waals surface area contributed by atoms with Gasteiger partial charge in [0.05, 0.1) is 0 Å². The molecule has 0 aliphatic rings. The minimum absolute atomic E-state index is 0.500. The molecule has 0 aromatic heterocycles. The number of benzene rings is 2. The first-order chi connectivity index (χ1) is 9.03. The van der Waals surface area contributed by atoms with Gasteiger partial charge in [0.25, 0.3) is 7.59 Å². The highest BCUT2D eigenvalue weighted by atomic mass is 31.2. The van der Waals surface area contributed by atoms with Crippen LogP contribution in [0.2, 0.25) is 0 Å². The van der Waals surface area contributed by atoms with Crippen LogP contribution < -0.4 is 20.8 Å². The van der Waals surface area contributed by atoms with Gasteiger partial charge in [0.15, 0.2) is 0 Å². The zero-order chi connectivity index (χ0) is 13.7. The maximum absolute atomic E-state index is 11.2. The summed E-state index contributed by atoms with van der Waals surface area (Å²) in [5, 5.41) is 2.54. The molecule has 100 valence electrons. The Morgan fingerprint density at radius 1 is 1.00 bits per heavy atom. The summed E-state index contributed by atoms with van der Waals surface area (Å²) in [5.74, 6) is 0.721. The van der Waals surface area contributed by atoms with Crippen LogP contribution in [0.25, 0.3) is 0 Å². The lowest BCUT2D eigenvalue weighted by Crippen LogP contribution is -2.12. The summed E-state index contributed by atoms with van der Waals surface area (Å²) < 4.78 is 16.8. The molecule has 0 aliphatic heterocycles. The van der Waals surface area contributed by atoms with E-state index < -0.39 is 7.59 Å². The summed E-state index contributed by atoms with van der Waals surface area (Å²) in [6, 6.07) is 16.8. The molecule has 0 aliphatic carbocycles. The lowest BCUT2D eigenvalue weighted by molar-refractivity contribution is 0.306. The van der Waals surface area contributed by atoms with Gasteiger partial charge in [-0.05, 0) is 29.8 Å². The van der Waals surface area contributed by atoms with Gasteiger partial charge >= 0.3 is 0 Å². The summed E-state index contributed by atoms with van der Waals surface area (Å²) in [7, 11) is -3.26. The minimum atomic E-state index is -3.26. The SMILES string of the molecule is NP(N)(=O)Nc1ccc(OCc2ccccc2)cc1. The molecule has 0 amide bonds. The van der Waals surface area contributed by atoms with E-state index in [1.807, 2.05) is 30.3 Å². The Labute approximate surface area is 112 Å². The first-order valence-electron chi connectivity index (χ1n) is 5.75. The second kappa shape index (κ2) is 5.89. The Bertz CT molecular complexity index is 566. The first-order valence-corrected chi connectivity index (χ1v) is 7.60. The average Bonchev–Trinajstić information content (AvgIpc) is 2.37. The number of anilines is 1. The molecule has 0 unspecified atom stereocenters. The highest BCUT2D eigenvalue weighted by molar-refractivity contribution is 7.60. The fourth-order valence-corrected chi connectivity index (χ4v) is 2.12. The summed E-state index contributed by atoms with van der Waals surface area (Å²) in [6.45, 7) is 0.500. The molecule has 5 N–H and O–H groups in total.